The van der Waals surface area contributed by atoms with Gasteiger partial charge in [-0.15, -0.1) is 0 Å². The summed E-state index contributed by atoms with van der Waals surface area (Å²) in [5, 5.41) is 3.03. The number of hydrogen-bond donors (Lipinski definition) is 2. The summed E-state index contributed by atoms with van der Waals surface area (Å²) in [5.41, 5.74) is 0.497. The van der Waals surface area contributed by atoms with Gasteiger partial charge in [0.15, 0.2) is 0 Å². The van der Waals surface area contributed by atoms with Crippen molar-refractivity contribution in [1.29, 1.82) is 0 Å². The van der Waals surface area contributed by atoms with Gasteiger partial charge in [0, 0.05) is 12.1 Å². The number of rotatable bonds is 9. The number of alkyl halides is 3. The van der Waals surface area contributed by atoms with Crippen LogP contribution in [-0.2, 0) is 33.1 Å². The molecule has 182 valence electrons. The summed E-state index contributed by atoms with van der Waals surface area (Å²) in [6.45, 7) is 2.33. The molecular formula is C23H22BrF3N2O4S. The molecule has 3 rings (SSSR count). The lowest BCUT2D eigenvalue weighted by molar-refractivity contribution is -0.143. The van der Waals surface area contributed by atoms with Crippen molar-refractivity contribution in [3.63, 3.8) is 0 Å². The number of carbonyl (C=O) groups excluding carboxylic acids is 1. The molecule has 0 saturated heterocycles. The Bertz CT molecular complexity index is 1100. The fourth-order valence-corrected chi connectivity index (χ4v) is 4.49. The van der Waals surface area contributed by atoms with Gasteiger partial charge in [0.05, 0.1) is 28.1 Å². The maximum absolute atomic E-state index is 12.7. The first-order valence-corrected chi connectivity index (χ1v) is 12.2. The van der Waals surface area contributed by atoms with E-state index < -0.39 is 22.7 Å². The van der Waals surface area contributed by atoms with Gasteiger partial charge in [0.25, 0.3) is 0 Å². The zero-order valence-corrected chi connectivity index (χ0v) is 20.5. The number of nitrogens with one attached hydrogen (secondary N) is 2. The fourth-order valence-electron chi connectivity index (χ4n) is 2.94. The highest BCUT2D eigenvalue weighted by Crippen LogP contribution is 2.30. The molecule has 34 heavy (non-hydrogen) atoms. The Morgan fingerprint density at radius 2 is 1.82 bits per heavy atom. The van der Waals surface area contributed by atoms with E-state index in [-0.39, 0.29) is 12.5 Å². The first-order valence-electron chi connectivity index (χ1n) is 10.3. The normalized spacial score (nSPS) is 14.7. The number of carbonyl (C=O) groups is 1. The smallest absolute Gasteiger partial charge is 0.416 e. The van der Waals surface area contributed by atoms with Crippen molar-refractivity contribution in [2.45, 2.75) is 25.9 Å². The minimum absolute atomic E-state index is 0.211. The third-order valence-electron chi connectivity index (χ3n) is 4.66. The van der Waals surface area contributed by atoms with Gasteiger partial charge in [0.2, 0.25) is 5.88 Å². The number of halogens is 4. The SMILES string of the molecule is CCOC(=O)CCc1ccc(OC2=C(Br)C=C(S(=O)Nc3ccc(C(F)(F)F)cc3)CN2)cc1. The van der Waals surface area contributed by atoms with Gasteiger partial charge in [-0.1, -0.05) is 12.1 Å². The standard InChI is InChI=1S/C23H22BrF3N2O4S/c1-2-32-21(30)12-5-15-3-10-18(11-4-15)33-22-20(24)13-19(14-28-22)34(31)29-17-8-6-16(7-9-17)23(25,26)27/h3-4,6-11,13,28-29H,2,5,12,14H2,1H3. The van der Waals surface area contributed by atoms with Crippen LogP contribution in [0.25, 0.3) is 0 Å². The van der Waals surface area contributed by atoms with E-state index in [0.29, 0.717) is 46.2 Å². The lowest BCUT2D eigenvalue weighted by Gasteiger charge is -2.20. The Morgan fingerprint density at radius 1 is 1.15 bits per heavy atom. The average molecular weight is 559 g/mol. The quantitative estimate of drug-likeness (QED) is 0.402. The van der Waals surface area contributed by atoms with E-state index in [1.165, 1.54) is 12.1 Å². The minimum atomic E-state index is -4.43. The number of esters is 1. The number of anilines is 1. The largest absolute Gasteiger partial charge is 0.466 e. The zero-order chi connectivity index (χ0) is 24.7. The number of hydrogen-bond acceptors (Lipinski definition) is 5. The highest BCUT2D eigenvalue weighted by atomic mass is 79.9. The van der Waals surface area contributed by atoms with E-state index in [9.17, 15) is 22.2 Å². The molecule has 1 heterocycles. The third kappa shape index (κ3) is 7.36. The molecule has 6 nitrogen and oxygen atoms in total. The van der Waals surface area contributed by atoms with Crippen molar-refractivity contribution in [2.24, 2.45) is 0 Å². The Morgan fingerprint density at radius 3 is 2.41 bits per heavy atom. The van der Waals surface area contributed by atoms with Crippen LogP contribution < -0.4 is 14.8 Å². The highest BCUT2D eigenvalue weighted by molar-refractivity contribution is 9.11. The summed E-state index contributed by atoms with van der Waals surface area (Å²) in [6.07, 6.45) is -1.93. The number of benzene rings is 2. The Kier molecular flexibility index (Phi) is 8.78. The summed E-state index contributed by atoms with van der Waals surface area (Å²) in [6, 6.07) is 11.6. The summed E-state index contributed by atoms with van der Waals surface area (Å²) in [7, 11) is -1.67. The first kappa shape index (κ1) is 25.8. The van der Waals surface area contributed by atoms with Gasteiger partial charge in [-0.3, -0.25) is 4.79 Å². The van der Waals surface area contributed by atoms with E-state index in [4.69, 9.17) is 9.47 Å². The van der Waals surface area contributed by atoms with Crippen LogP contribution in [0, 0.1) is 0 Å². The molecule has 0 fully saturated rings. The molecule has 0 spiro atoms. The van der Waals surface area contributed by atoms with E-state index in [1.807, 2.05) is 12.1 Å². The second-order valence-corrected chi connectivity index (χ2v) is 9.26. The van der Waals surface area contributed by atoms with E-state index in [2.05, 4.69) is 26.0 Å². The number of aryl methyl sites for hydroxylation is 1. The van der Waals surface area contributed by atoms with Gasteiger partial charge in [-0.2, -0.15) is 13.2 Å². The van der Waals surface area contributed by atoms with Crippen molar-refractivity contribution < 1.29 is 31.6 Å². The van der Waals surface area contributed by atoms with Crippen molar-refractivity contribution >= 4 is 38.6 Å². The lowest BCUT2D eigenvalue weighted by Crippen LogP contribution is -2.27. The van der Waals surface area contributed by atoms with E-state index >= 15 is 0 Å². The molecule has 2 N–H and O–H groups in total. The van der Waals surface area contributed by atoms with Gasteiger partial charge in [0.1, 0.15) is 16.7 Å². The molecule has 2 aromatic rings. The molecule has 11 heteroatoms. The van der Waals surface area contributed by atoms with Crippen molar-refractivity contribution in [3.05, 3.63) is 81.0 Å². The molecule has 0 saturated carbocycles. The molecule has 0 bridgehead atoms. The second kappa shape index (κ2) is 11.6. The maximum Gasteiger partial charge on any atom is 0.416 e. The molecule has 0 aromatic heterocycles. The van der Waals surface area contributed by atoms with Crippen LogP contribution in [0.1, 0.15) is 24.5 Å². The Balaban J connectivity index is 1.58. The number of dihydropyridines is 1. The summed E-state index contributed by atoms with van der Waals surface area (Å²) >= 11 is 3.38. The van der Waals surface area contributed by atoms with Crippen LogP contribution in [0.5, 0.6) is 5.75 Å². The molecule has 0 amide bonds. The predicted octanol–water partition coefficient (Wildman–Crippen LogP) is 5.41. The van der Waals surface area contributed by atoms with Crippen LogP contribution >= 0.6 is 15.9 Å². The van der Waals surface area contributed by atoms with Crippen LogP contribution in [0.3, 0.4) is 0 Å². The van der Waals surface area contributed by atoms with Crippen LogP contribution in [0.15, 0.2) is 69.9 Å². The molecule has 1 atom stereocenters. The second-order valence-electron chi connectivity index (χ2n) is 7.14. The van der Waals surface area contributed by atoms with Crippen LogP contribution in [-0.4, -0.2) is 23.3 Å². The van der Waals surface area contributed by atoms with Crippen molar-refractivity contribution in [1.82, 2.24) is 5.32 Å². The monoisotopic (exact) mass is 558 g/mol. The van der Waals surface area contributed by atoms with Gasteiger partial charge < -0.3 is 19.5 Å². The Hall–Kier alpha value is -2.79. The summed E-state index contributed by atoms with van der Waals surface area (Å²) in [4.78, 5) is 11.9. The van der Waals surface area contributed by atoms with Crippen molar-refractivity contribution in [3.8, 4) is 5.75 Å². The first-order chi connectivity index (χ1) is 16.2. The number of ether oxygens (including phenoxy) is 2. The summed E-state index contributed by atoms with van der Waals surface area (Å²) in [5.74, 6) is 0.755. The van der Waals surface area contributed by atoms with Gasteiger partial charge >= 0.3 is 12.1 Å². The fraction of sp³-hybridized carbons (Fsp3) is 0.261. The Labute approximate surface area is 205 Å². The van der Waals surface area contributed by atoms with Gasteiger partial charge in [-0.05, 0) is 77.3 Å². The molecule has 1 aliphatic rings. The maximum atomic E-state index is 12.7. The third-order valence-corrected chi connectivity index (χ3v) is 6.40. The number of allylic oxidation sites excluding steroid dienone is 2. The molecule has 1 aliphatic heterocycles. The molecule has 1 unspecified atom stereocenters. The molecule has 0 radical (unpaired) electrons. The van der Waals surface area contributed by atoms with Crippen LogP contribution in [0.4, 0.5) is 18.9 Å². The van der Waals surface area contributed by atoms with Crippen LogP contribution in [0.2, 0.25) is 0 Å². The lowest BCUT2D eigenvalue weighted by atomic mass is 10.1. The minimum Gasteiger partial charge on any atom is -0.466 e. The average Bonchev–Trinajstić information content (AvgIpc) is 2.80. The van der Waals surface area contributed by atoms with E-state index in [0.717, 1.165) is 17.7 Å². The predicted molar refractivity (Wildman–Crippen MR) is 127 cm³/mol. The summed E-state index contributed by atoms with van der Waals surface area (Å²) < 4.78 is 64.6. The highest BCUT2D eigenvalue weighted by Gasteiger charge is 2.30. The molecule has 2 aromatic carbocycles. The van der Waals surface area contributed by atoms with E-state index in [1.54, 1.807) is 25.1 Å². The zero-order valence-electron chi connectivity index (χ0n) is 18.1. The van der Waals surface area contributed by atoms with Gasteiger partial charge in [-0.25, -0.2) is 4.21 Å². The van der Waals surface area contributed by atoms with Crippen molar-refractivity contribution in [2.75, 3.05) is 17.9 Å². The molecule has 0 aliphatic carbocycles. The molecular weight excluding hydrogens is 537 g/mol. The topological polar surface area (TPSA) is 76.7 Å².